The van der Waals surface area contributed by atoms with Crippen LogP contribution in [-0.2, 0) is 19.1 Å². The number of carboxylic acids is 1. The summed E-state index contributed by atoms with van der Waals surface area (Å²) in [4.78, 5) is 21.8. The van der Waals surface area contributed by atoms with Gasteiger partial charge in [0.25, 0.3) is 0 Å². The molecule has 0 spiro atoms. The zero-order chi connectivity index (χ0) is 16.3. The third kappa shape index (κ3) is 4.43. The van der Waals surface area contributed by atoms with Crippen molar-refractivity contribution in [2.75, 3.05) is 0 Å². The van der Waals surface area contributed by atoms with E-state index in [1.807, 2.05) is 0 Å². The topological polar surface area (TPSA) is 154 Å². The second-order valence-electron chi connectivity index (χ2n) is 5.05. The normalized spacial score (nSPS) is 36.0. The van der Waals surface area contributed by atoms with Crippen molar-refractivity contribution in [1.29, 1.82) is 0 Å². The molecule has 0 amide bonds. The zero-order valence-electron chi connectivity index (χ0n) is 11.6. The summed E-state index contributed by atoms with van der Waals surface area (Å²) in [6, 6.07) is 0. The lowest BCUT2D eigenvalue weighted by Gasteiger charge is -2.39. The Morgan fingerprint density at radius 3 is 2.24 bits per heavy atom. The fraction of sp³-hybridized carbons (Fsp3) is 0.833. The molecule has 0 bridgehead atoms. The summed E-state index contributed by atoms with van der Waals surface area (Å²) >= 11 is 0. The molecule has 0 aliphatic carbocycles. The van der Waals surface area contributed by atoms with Gasteiger partial charge in [-0.3, -0.25) is 4.79 Å². The predicted octanol–water partition coefficient (Wildman–Crippen LogP) is -2.38. The van der Waals surface area contributed by atoms with Crippen molar-refractivity contribution in [3.63, 3.8) is 0 Å². The van der Waals surface area contributed by atoms with E-state index in [0.717, 1.165) is 0 Å². The number of carboxylic acid groups (broad SMARTS) is 1. The molecule has 0 radical (unpaired) electrons. The quantitative estimate of drug-likeness (QED) is 0.362. The summed E-state index contributed by atoms with van der Waals surface area (Å²) in [6.45, 7) is 2.68. The molecule has 1 fully saturated rings. The molecular weight excluding hydrogens is 288 g/mol. The average molecular weight is 308 g/mol. The number of Topliss-reactive ketones (excluding diaryl/α,β-unsaturated/α-hetero) is 1. The Kier molecular flexibility index (Phi) is 6.20. The average Bonchev–Trinajstić information content (AvgIpc) is 2.38. The third-order valence-electron chi connectivity index (χ3n) is 3.20. The van der Waals surface area contributed by atoms with Gasteiger partial charge in [-0.25, -0.2) is 4.79 Å². The van der Waals surface area contributed by atoms with Crippen LogP contribution in [0.3, 0.4) is 0 Å². The van der Waals surface area contributed by atoms with Crippen LogP contribution in [0.5, 0.6) is 0 Å². The number of aliphatic hydroxyl groups excluding tert-OH is 4. The van der Waals surface area contributed by atoms with Crippen LogP contribution in [0, 0.1) is 0 Å². The van der Waals surface area contributed by atoms with Gasteiger partial charge in [0.15, 0.2) is 12.4 Å². The standard InChI is InChI=1S/C12H20O9/c1-4(13)3-6(14)5(2)20-12-9(17)7(15)8(16)10(21-12)11(18)19/h5-10,12,14-17H,3H2,1-2H3,(H,18,19)/t5?,6?,7-,8-,9+,10-,12+/m0/s1. The molecule has 9 nitrogen and oxygen atoms in total. The maximum atomic E-state index is 10.9. The van der Waals surface area contributed by atoms with Gasteiger partial charge in [0.2, 0.25) is 0 Å². The van der Waals surface area contributed by atoms with Crippen LogP contribution >= 0.6 is 0 Å². The number of aliphatic carboxylic acids is 1. The molecule has 1 aliphatic heterocycles. The van der Waals surface area contributed by atoms with Crippen molar-refractivity contribution >= 4 is 11.8 Å². The number of ether oxygens (including phenoxy) is 2. The lowest BCUT2D eigenvalue weighted by molar-refractivity contribution is -0.308. The van der Waals surface area contributed by atoms with Crippen LogP contribution in [0.1, 0.15) is 20.3 Å². The van der Waals surface area contributed by atoms with Crippen LogP contribution < -0.4 is 0 Å². The molecule has 0 aromatic heterocycles. The highest BCUT2D eigenvalue weighted by molar-refractivity contribution is 5.76. The minimum atomic E-state index is -1.81. The first kappa shape index (κ1) is 18.0. The molecule has 0 aromatic carbocycles. The van der Waals surface area contributed by atoms with E-state index in [1.165, 1.54) is 13.8 Å². The van der Waals surface area contributed by atoms with Crippen LogP contribution in [-0.4, -0.2) is 80.2 Å². The Morgan fingerprint density at radius 2 is 1.76 bits per heavy atom. The summed E-state index contributed by atoms with van der Waals surface area (Å²) in [5.74, 6) is -1.80. The minimum Gasteiger partial charge on any atom is -0.479 e. The van der Waals surface area contributed by atoms with E-state index in [0.29, 0.717) is 0 Å². The Bertz CT molecular complexity index is 385. The molecule has 5 N–H and O–H groups in total. The number of ketones is 1. The Morgan fingerprint density at radius 1 is 1.19 bits per heavy atom. The first-order valence-corrected chi connectivity index (χ1v) is 6.40. The van der Waals surface area contributed by atoms with E-state index < -0.39 is 48.9 Å². The van der Waals surface area contributed by atoms with Crippen molar-refractivity contribution in [1.82, 2.24) is 0 Å². The van der Waals surface area contributed by atoms with Gasteiger partial charge >= 0.3 is 5.97 Å². The van der Waals surface area contributed by atoms with Gasteiger partial charge in [-0.15, -0.1) is 0 Å². The Hall–Kier alpha value is -1.10. The third-order valence-corrected chi connectivity index (χ3v) is 3.20. The highest BCUT2D eigenvalue weighted by Gasteiger charge is 2.48. The highest BCUT2D eigenvalue weighted by Crippen LogP contribution is 2.24. The van der Waals surface area contributed by atoms with Crippen LogP contribution in [0.25, 0.3) is 0 Å². The number of hydrogen-bond acceptors (Lipinski definition) is 8. The van der Waals surface area contributed by atoms with E-state index in [1.54, 1.807) is 0 Å². The second-order valence-corrected chi connectivity index (χ2v) is 5.05. The van der Waals surface area contributed by atoms with Gasteiger partial charge < -0.3 is 35.0 Å². The van der Waals surface area contributed by atoms with Crippen molar-refractivity contribution < 1.29 is 44.6 Å². The van der Waals surface area contributed by atoms with Crippen LogP contribution in [0.4, 0.5) is 0 Å². The maximum Gasteiger partial charge on any atom is 0.335 e. The Labute approximate surface area is 120 Å². The smallest absolute Gasteiger partial charge is 0.335 e. The highest BCUT2D eigenvalue weighted by atomic mass is 16.7. The molecule has 1 aliphatic rings. The number of rotatable bonds is 6. The van der Waals surface area contributed by atoms with Crippen molar-refractivity contribution in [3.05, 3.63) is 0 Å². The maximum absolute atomic E-state index is 10.9. The Balaban J connectivity index is 2.72. The lowest BCUT2D eigenvalue weighted by atomic mass is 9.99. The number of hydrogen-bond donors (Lipinski definition) is 5. The number of carbonyl (C=O) groups excluding carboxylic acids is 1. The fourth-order valence-corrected chi connectivity index (χ4v) is 1.93. The van der Waals surface area contributed by atoms with Gasteiger partial charge in [-0.2, -0.15) is 0 Å². The van der Waals surface area contributed by atoms with E-state index >= 15 is 0 Å². The van der Waals surface area contributed by atoms with Gasteiger partial charge in [0, 0.05) is 6.42 Å². The van der Waals surface area contributed by atoms with Crippen molar-refractivity contribution in [3.8, 4) is 0 Å². The molecular formula is C12H20O9. The molecule has 9 heteroatoms. The van der Waals surface area contributed by atoms with Crippen LogP contribution in [0.15, 0.2) is 0 Å². The largest absolute Gasteiger partial charge is 0.479 e. The molecule has 1 rings (SSSR count). The molecule has 21 heavy (non-hydrogen) atoms. The second kappa shape index (κ2) is 7.25. The van der Waals surface area contributed by atoms with E-state index in [2.05, 4.69) is 0 Å². The summed E-state index contributed by atoms with van der Waals surface area (Å²) < 4.78 is 10.0. The van der Waals surface area contributed by atoms with E-state index in [-0.39, 0.29) is 12.2 Å². The molecule has 1 saturated heterocycles. The van der Waals surface area contributed by atoms with Gasteiger partial charge in [-0.1, -0.05) is 0 Å². The van der Waals surface area contributed by atoms with Crippen molar-refractivity contribution in [2.45, 2.75) is 63.2 Å². The minimum absolute atomic E-state index is 0.183. The molecule has 122 valence electrons. The van der Waals surface area contributed by atoms with E-state index in [4.69, 9.17) is 14.6 Å². The summed E-state index contributed by atoms with van der Waals surface area (Å²) in [5.41, 5.74) is 0. The predicted molar refractivity (Wildman–Crippen MR) is 66.2 cm³/mol. The molecule has 7 atom stereocenters. The SMILES string of the molecule is CC(=O)CC(O)C(C)O[C@@H]1O[C@H](C(=O)O)[C@@H](O)[C@H](O)[C@H]1O. The summed E-state index contributed by atoms with van der Waals surface area (Å²) in [6.07, 6.45) is -10.9. The molecule has 0 aromatic rings. The first-order valence-electron chi connectivity index (χ1n) is 6.40. The zero-order valence-corrected chi connectivity index (χ0v) is 11.6. The number of aliphatic hydroxyl groups is 4. The number of carbonyl (C=O) groups is 2. The van der Waals surface area contributed by atoms with Gasteiger partial charge in [-0.05, 0) is 13.8 Å². The lowest BCUT2D eigenvalue weighted by Crippen LogP contribution is -2.61. The van der Waals surface area contributed by atoms with E-state index in [9.17, 15) is 30.0 Å². The first-order chi connectivity index (χ1) is 9.65. The van der Waals surface area contributed by atoms with Gasteiger partial charge in [0.05, 0.1) is 12.2 Å². The monoisotopic (exact) mass is 308 g/mol. The van der Waals surface area contributed by atoms with Crippen LogP contribution in [0.2, 0.25) is 0 Å². The molecule has 1 heterocycles. The summed E-state index contributed by atoms with van der Waals surface area (Å²) in [5, 5.41) is 47.4. The molecule has 0 saturated carbocycles. The fourth-order valence-electron chi connectivity index (χ4n) is 1.93. The van der Waals surface area contributed by atoms with Gasteiger partial charge in [0.1, 0.15) is 24.1 Å². The molecule has 2 unspecified atom stereocenters. The summed E-state index contributed by atoms with van der Waals surface area (Å²) in [7, 11) is 0. The van der Waals surface area contributed by atoms with Crippen molar-refractivity contribution in [2.24, 2.45) is 0 Å².